The predicted molar refractivity (Wildman–Crippen MR) is 83.7 cm³/mol. The molecule has 0 spiro atoms. The van der Waals surface area contributed by atoms with Crippen molar-refractivity contribution in [1.82, 2.24) is 5.16 Å². The van der Waals surface area contributed by atoms with Crippen LogP contribution in [0.25, 0.3) is 0 Å². The normalized spacial score (nSPS) is 12.2. The van der Waals surface area contributed by atoms with Crippen LogP contribution < -0.4 is 9.46 Å². The third-order valence-corrected chi connectivity index (χ3v) is 4.51. The predicted octanol–water partition coefficient (Wildman–Crippen LogP) is 3.09. The zero-order chi connectivity index (χ0) is 16.5. The fraction of sp³-hybridized carbons (Fsp3) is 0.400. The molecule has 7 heteroatoms. The number of aryl methyl sites for hydroxylation is 1. The average molecular weight is 324 g/mol. The van der Waals surface area contributed by atoms with E-state index in [0.717, 1.165) is 5.56 Å². The Labute approximate surface area is 130 Å². The van der Waals surface area contributed by atoms with Crippen LogP contribution in [0.3, 0.4) is 0 Å². The zero-order valence-electron chi connectivity index (χ0n) is 13.3. The van der Waals surface area contributed by atoms with Crippen LogP contribution in [0.15, 0.2) is 33.7 Å². The topological polar surface area (TPSA) is 81.4 Å². The van der Waals surface area contributed by atoms with Crippen molar-refractivity contribution in [3.8, 4) is 5.75 Å². The molecule has 22 heavy (non-hydrogen) atoms. The third kappa shape index (κ3) is 3.41. The summed E-state index contributed by atoms with van der Waals surface area (Å²) in [6, 6.07) is 6.30. The Hall–Kier alpha value is -2.02. The van der Waals surface area contributed by atoms with Gasteiger partial charge in [0.15, 0.2) is 5.82 Å². The monoisotopic (exact) mass is 324 g/mol. The maximum absolute atomic E-state index is 12.5. The largest absolute Gasteiger partial charge is 0.496 e. The molecule has 0 aliphatic carbocycles. The number of hydrogen-bond acceptors (Lipinski definition) is 5. The Bertz CT molecular complexity index is 773. The summed E-state index contributed by atoms with van der Waals surface area (Å²) in [5.41, 5.74) is 0.565. The summed E-state index contributed by atoms with van der Waals surface area (Å²) in [4.78, 5) is 0.152. The minimum atomic E-state index is -3.74. The van der Waals surface area contributed by atoms with Crippen molar-refractivity contribution in [2.45, 2.75) is 38.0 Å². The molecular formula is C15H20N2O4S. The molecular weight excluding hydrogens is 304 g/mol. The van der Waals surface area contributed by atoms with Crippen LogP contribution in [0.4, 0.5) is 5.82 Å². The van der Waals surface area contributed by atoms with Crippen molar-refractivity contribution < 1.29 is 17.7 Å². The van der Waals surface area contributed by atoms with Gasteiger partial charge in [0, 0.05) is 11.6 Å². The average Bonchev–Trinajstić information content (AvgIpc) is 2.81. The first kappa shape index (κ1) is 16.4. The molecule has 120 valence electrons. The van der Waals surface area contributed by atoms with E-state index in [1.165, 1.54) is 12.1 Å². The summed E-state index contributed by atoms with van der Waals surface area (Å²) in [6.45, 7) is 7.68. The van der Waals surface area contributed by atoms with E-state index in [4.69, 9.17) is 9.26 Å². The van der Waals surface area contributed by atoms with Crippen LogP contribution in [0.2, 0.25) is 0 Å². The van der Waals surface area contributed by atoms with Gasteiger partial charge >= 0.3 is 0 Å². The summed E-state index contributed by atoms with van der Waals surface area (Å²) in [6.07, 6.45) is 0. The number of anilines is 1. The van der Waals surface area contributed by atoms with Crippen LogP contribution in [0.5, 0.6) is 5.75 Å². The summed E-state index contributed by atoms with van der Waals surface area (Å²) in [5, 5.41) is 3.64. The number of sulfonamides is 1. The number of hydrogen-bond donors (Lipinski definition) is 1. The lowest BCUT2D eigenvalue weighted by Crippen LogP contribution is -2.17. The van der Waals surface area contributed by atoms with Gasteiger partial charge in [-0.1, -0.05) is 25.9 Å². The number of aromatic nitrogens is 1. The lowest BCUT2D eigenvalue weighted by Gasteiger charge is -2.22. The van der Waals surface area contributed by atoms with E-state index in [2.05, 4.69) is 9.88 Å². The molecule has 0 saturated carbocycles. The maximum atomic E-state index is 12.5. The Morgan fingerprint density at radius 2 is 1.91 bits per heavy atom. The minimum absolute atomic E-state index is 0.152. The van der Waals surface area contributed by atoms with Crippen molar-refractivity contribution in [2.24, 2.45) is 0 Å². The molecule has 0 aliphatic heterocycles. The van der Waals surface area contributed by atoms with Crippen molar-refractivity contribution in [1.29, 1.82) is 0 Å². The van der Waals surface area contributed by atoms with Gasteiger partial charge in [-0.05, 0) is 30.5 Å². The molecule has 0 bridgehead atoms. The van der Waals surface area contributed by atoms with Gasteiger partial charge < -0.3 is 9.26 Å². The quantitative estimate of drug-likeness (QED) is 0.934. The van der Waals surface area contributed by atoms with E-state index < -0.39 is 10.0 Å². The number of nitrogens with zero attached hydrogens (tertiary/aromatic N) is 1. The van der Waals surface area contributed by atoms with E-state index in [9.17, 15) is 8.42 Å². The first-order valence-corrected chi connectivity index (χ1v) is 8.26. The molecule has 0 saturated heterocycles. The number of rotatable bonds is 4. The minimum Gasteiger partial charge on any atom is -0.496 e. The van der Waals surface area contributed by atoms with Crippen LogP contribution in [0.1, 0.15) is 32.1 Å². The maximum Gasteiger partial charge on any atom is 0.263 e. The lowest BCUT2D eigenvalue weighted by atomic mass is 9.86. The summed E-state index contributed by atoms with van der Waals surface area (Å²) >= 11 is 0. The van der Waals surface area contributed by atoms with E-state index >= 15 is 0 Å². The number of benzene rings is 1. The highest BCUT2D eigenvalue weighted by Gasteiger charge is 2.23. The Morgan fingerprint density at radius 1 is 1.23 bits per heavy atom. The van der Waals surface area contributed by atoms with Gasteiger partial charge in [-0.3, -0.25) is 4.72 Å². The van der Waals surface area contributed by atoms with Gasteiger partial charge in [-0.25, -0.2) is 8.42 Å². The Balaban J connectivity index is 2.43. The summed E-state index contributed by atoms with van der Waals surface area (Å²) < 4.78 is 37.5. The fourth-order valence-corrected chi connectivity index (χ4v) is 3.06. The molecule has 0 radical (unpaired) electrons. The molecule has 0 amide bonds. The van der Waals surface area contributed by atoms with Gasteiger partial charge in [0.05, 0.1) is 12.0 Å². The SMILES string of the molecule is COc1ccc(S(=O)(=O)Nc2cc(C)on2)cc1C(C)(C)C. The second kappa shape index (κ2) is 5.64. The number of nitrogens with one attached hydrogen (secondary N) is 1. The van der Waals surface area contributed by atoms with Crippen molar-refractivity contribution >= 4 is 15.8 Å². The first-order chi connectivity index (χ1) is 10.1. The Morgan fingerprint density at radius 3 is 2.41 bits per heavy atom. The van der Waals surface area contributed by atoms with Crippen molar-refractivity contribution in [2.75, 3.05) is 11.8 Å². The van der Waals surface area contributed by atoms with Gasteiger partial charge in [-0.15, -0.1) is 0 Å². The standard InChI is InChI=1S/C15H20N2O4S/c1-10-8-14(16-21-10)17-22(18,19)11-6-7-13(20-5)12(9-11)15(2,3)4/h6-9H,1-5H3,(H,16,17). The van der Waals surface area contributed by atoms with Crippen LogP contribution >= 0.6 is 0 Å². The fourth-order valence-electron chi connectivity index (χ4n) is 2.05. The molecule has 1 aromatic heterocycles. The van der Waals surface area contributed by atoms with Gasteiger partial charge in [0.1, 0.15) is 11.5 Å². The highest BCUT2D eigenvalue weighted by Crippen LogP contribution is 2.33. The van der Waals surface area contributed by atoms with Gasteiger partial charge in [-0.2, -0.15) is 0 Å². The second-order valence-electron chi connectivity index (χ2n) is 6.04. The number of ether oxygens (including phenoxy) is 1. The van der Waals surface area contributed by atoms with E-state index in [0.29, 0.717) is 11.5 Å². The molecule has 1 aromatic carbocycles. The van der Waals surface area contributed by atoms with E-state index in [-0.39, 0.29) is 16.1 Å². The third-order valence-electron chi connectivity index (χ3n) is 3.16. The lowest BCUT2D eigenvalue weighted by molar-refractivity contribution is 0.397. The van der Waals surface area contributed by atoms with Crippen molar-refractivity contribution in [3.63, 3.8) is 0 Å². The van der Waals surface area contributed by atoms with Crippen molar-refractivity contribution in [3.05, 3.63) is 35.6 Å². The molecule has 1 N–H and O–H groups in total. The summed E-state index contributed by atoms with van der Waals surface area (Å²) in [5.74, 6) is 1.34. The first-order valence-electron chi connectivity index (χ1n) is 6.78. The highest BCUT2D eigenvalue weighted by molar-refractivity contribution is 7.92. The molecule has 2 aromatic rings. The molecule has 0 aliphatic rings. The van der Waals surface area contributed by atoms with Crippen LogP contribution in [-0.2, 0) is 15.4 Å². The molecule has 1 heterocycles. The smallest absolute Gasteiger partial charge is 0.263 e. The molecule has 0 atom stereocenters. The van der Waals surface area contributed by atoms with E-state index in [1.807, 2.05) is 20.8 Å². The number of methoxy groups -OCH3 is 1. The van der Waals surface area contributed by atoms with Crippen LogP contribution in [0, 0.1) is 6.92 Å². The summed E-state index contributed by atoms with van der Waals surface area (Å²) in [7, 11) is -2.17. The van der Waals surface area contributed by atoms with Gasteiger partial charge in [0.25, 0.3) is 10.0 Å². The Kier molecular flexibility index (Phi) is 4.19. The molecule has 0 unspecified atom stereocenters. The zero-order valence-corrected chi connectivity index (χ0v) is 14.1. The van der Waals surface area contributed by atoms with Crippen LogP contribution in [-0.4, -0.2) is 20.7 Å². The molecule has 6 nitrogen and oxygen atoms in total. The molecule has 2 rings (SSSR count). The van der Waals surface area contributed by atoms with E-state index in [1.54, 1.807) is 26.2 Å². The van der Waals surface area contributed by atoms with Gasteiger partial charge in [0.2, 0.25) is 0 Å². The second-order valence-corrected chi connectivity index (χ2v) is 7.72. The molecule has 0 fully saturated rings. The highest BCUT2D eigenvalue weighted by atomic mass is 32.2.